The van der Waals surface area contributed by atoms with Crippen LogP contribution in [0.25, 0.3) is 0 Å². The maximum Gasteiger partial charge on any atom is 0.326 e. The first-order valence-electron chi connectivity index (χ1n) is 14.7. The fraction of sp³-hybridized carbons (Fsp3) is 0.933. The van der Waals surface area contributed by atoms with Crippen molar-refractivity contribution in [2.45, 2.75) is 123 Å². The second kappa shape index (κ2) is 10.6. The van der Waals surface area contributed by atoms with Crippen molar-refractivity contribution in [1.29, 1.82) is 0 Å². The van der Waals surface area contributed by atoms with E-state index in [0.29, 0.717) is 48.3 Å². The van der Waals surface area contributed by atoms with E-state index >= 15 is 0 Å². The van der Waals surface area contributed by atoms with Gasteiger partial charge in [-0.3, -0.25) is 4.79 Å². The molecule has 4 aliphatic rings. The average Bonchev–Trinajstić information content (AvgIpc) is 3.15. The monoisotopic (exact) mass is 505 g/mol. The van der Waals surface area contributed by atoms with Gasteiger partial charge < -0.3 is 20.6 Å². The molecular weight excluding hydrogens is 454 g/mol. The molecule has 11 atom stereocenters. The molecule has 1 unspecified atom stereocenters. The lowest BCUT2D eigenvalue weighted by atomic mass is 9.43. The zero-order valence-electron chi connectivity index (χ0n) is 23.2. The normalized spacial score (nSPS) is 43.7. The van der Waals surface area contributed by atoms with Gasteiger partial charge in [0.2, 0.25) is 5.91 Å². The summed E-state index contributed by atoms with van der Waals surface area (Å²) in [5.74, 6) is 1.89. The van der Waals surface area contributed by atoms with Gasteiger partial charge in [0.05, 0.1) is 12.2 Å². The van der Waals surface area contributed by atoms with Gasteiger partial charge in [0.25, 0.3) is 0 Å². The van der Waals surface area contributed by atoms with E-state index in [1.165, 1.54) is 6.42 Å². The Kier molecular flexibility index (Phi) is 8.17. The summed E-state index contributed by atoms with van der Waals surface area (Å²) in [5, 5.41) is 33.9. The third-order valence-corrected chi connectivity index (χ3v) is 11.6. The Morgan fingerprint density at radius 2 is 1.61 bits per heavy atom. The van der Waals surface area contributed by atoms with Crippen LogP contribution in [0.3, 0.4) is 0 Å². The summed E-state index contributed by atoms with van der Waals surface area (Å²) in [6.45, 7) is 11.1. The second-order valence-corrected chi connectivity index (χ2v) is 14.1. The fourth-order valence-electron chi connectivity index (χ4n) is 9.69. The summed E-state index contributed by atoms with van der Waals surface area (Å²) in [4.78, 5) is 24.2. The van der Waals surface area contributed by atoms with Crippen molar-refractivity contribution in [2.75, 3.05) is 0 Å². The maximum absolute atomic E-state index is 12.6. The standard InChI is InChI=1S/C30H51NO5/c1-17(2)14-24(28(35)36)31-26(34)9-6-18(3)21-7-8-22-27-23(11-13-30(21,22)5)29(4)12-10-20(32)15-19(29)16-25(27)33/h17-25,27,32-33H,6-16H2,1-5H3,(H,31,34)(H,35,36)/t18-,19+,20-,21-,22+,23+,24?,25-,27+,29+,30-/m1/s1. The van der Waals surface area contributed by atoms with Crippen molar-refractivity contribution in [3.63, 3.8) is 0 Å². The predicted molar refractivity (Wildman–Crippen MR) is 140 cm³/mol. The highest BCUT2D eigenvalue weighted by Gasteiger charge is 2.62. The van der Waals surface area contributed by atoms with Gasteiger partial charge in [0, 0.05) is 6.42 Å². The molecule has 6 nitrogen and oxygen atoms in total. The SMILES string of the molecule is CC(C)CC(NC(=O)CC[C@@H](C)[C@H]1CC[C@H]2[C@@H]3[C@H](O)C[C@@H]4C[C@H](O)CC[C@]4(C)[C@H]3CC[C@]12C)C(=O)O. The Bertz CT molecular complexity index is 815. The van der Waals surface area contributed by atoms with E-state index in [9.17, 15) is 24.9 Å². The first-order chi connectivity index (χ1) is 16.9. The third kappa shape index (κ3) is 5.10. The highest BCUT2D eigenvalue weighted by molar-refractivity contribution is 5.83. The summed E-state index contributed by atoms with van der Waals surface area (Å²) in [7, 11) is 0. The predicted octanol–water partition coefficient (Wildman–Crippen LogP) is 5.01. The molecule has 4 fully saturated rings. The number of hydrogen-bond acceptors (Lipinski definition) is 4. The number of nitrogens with one attached hydrogen (secondary N) is 1. The first kappa shape index (κ1) is 27.9. The molecule has 4 saturated carbocycles. The Morgan fingerprint density at radius 3 is 2.28 bits per heavy atom. The largest absolute Gasteiger partial charge is 0.480 e. The van der Waals surface area contributed by atoms with E-state index in [0.717, 1.165) is 51.4 Å². The first-order valence-corrected chi connectivity index (χ1v) is 14.7. The lowest BCUT2D eigenvalue weighted by Gasteiger charge is -2.62. The molecule has 0 aliphatic heterocycles. The molecule has 6 heteroatoms. The molecule has 0 heterocycles. The molecule has 4 rings (SSSR count). The molecule has 0 spiro atoms. The zero-order chi connectivity index (χ0) is 26.4. The lowest BCUT2D eigenvalue weighted by molar-refractivity contribution is -0.174. The number of hydrogen-bond donors (Lipinski definition) is 4. The number of amides is 1. The molecule has 4 aliphatic carbocycles. The number of aliphatic carboxylic acids is 1. The molecule has 36 heavy (non-hydrogen) atoms. The summed E-state index contributed by atoms with van der Waals surface area (Å²) in [6.07, 6.45) is 9.46. The van der Waals surface area contributed by atoms with Crippen LogP contribution >= 0.6 is 0 Å². The molecule has 4 N–H and O–H groups in total. The van der Waals surface area contributed by atoms with Crippen LogP contribution in [-0.2, 0) is 9.59 Å². The van der Waals surface area contributed by atoms with E-state index in [4.69, 9.17) is 0 Å². The van der Waals surface area contributed by atoms with Gasteiger partial charge in [0.15, 0.2) is 0 Å². The van der Waals surface area contributed by atoms with Gasteiger partial charge in [-0.05, 0) is 116 Å². The topological polar surface area (TPSA) is 107 Å². The minimum absolute atomic E-state index is 0.153. The fourth-order valence-corrected chi connectivity index (χ4v) is 9.69. The van der Waals surface area contributed by atoms with Crippen LogP contribution < -0.4 is 5.32 Å². The van der Waals surface area contributed by atoms with Crippen molar-refractivity contribution in [1.82, 2.24) is 5.32 Å². The molecule has 0 radical (unpaired) electrons. The zero-order valence-corrected chi connectivity index (χ0v) is 23.2. The van der Waals surface area contributed by atoms with Gasteiger partial charge >= 0.3 is 5.97 Å². The Morgan fingerprint density at radius 1 is 0.944 bits per heavy atom. The van der Waals surface area contributed by atoms with Crippen LogP contribution in [0.2, 0.25) is 0 Å². The van der Waals surface area contributed by atoms with Gasteiger partial charge in [-0.15, -0.1) is 0 Å². The highest BCUT2D eigenvalue weighted by Crippen LogP contribution is 2.68. The minimum Gasteiger partial charge on any atom is -0.480 e. The van der Waals surface area contributed by atoms with Gasteiger partial charge in [-0.2, -0.15) is 0 Å². The molecule has 0 aromatic carbocycles. The van der Waals surface area contributed by atoms with E-state index in [1.807, 2.05) is 13.8 Å². The molecule has 0 aromatic heterocycles. The number of carbonyl (C=O) groups excluding carboxylic acids is 1. The number of carboxylic acid groups (broad SMARTS) is 1. The number of fused-ring (bicyclic) bond motifs is 5. The van der Waals surface area contributed by atoms with E-state index in [-0.39, 0.29) is 34.9 Å². The Balaban J connectivity index is 1.39. The van der Waals surface area contributed by atoms with Crippen LogP contribution in [0.15, 0.2) is 0 Å². The summed E-state index contributed by atoms with van der Waals surface area (Å²) < 4.78 is 0. The van der Waals surface area contributed by atoms with Gasteiger partial charge in [-0.25, -0.2) is 4.79 Å². The van der Waals surface area contributed by atoms with Crippen LogP contribution in [-0.4, -0.2) is 45.4 Å². The van der Waals surface area contributed by atoms with Gasteiger partial charge in [0.1, 0.15) is 6.04 Å². The summed E-state index contributed by atoms with van der Waals surface area (Å²) in [5.41, 5.74) is 0.430. The molecule has 0 bridgehead atoms. The number of carbonyl (C=O) groups is 2. The quantitative estimate of drug-likeness (QED) is 0.371. The number of rotatable bonds is 8. The second-order valence-electron chi connectivity index (χ2n) is 14.1. The Labute approximate surface area is 218 Å². The van der Waals surface area contributed by atoms with E-state index < -0.39 is 12.0 Å². The smallest absolute Gasteiger partial charge is 0.326 e. The van der Waals surface area contributed by atoms with Crippen LogP contribution in [0.5, 0.6) is 0 Å². The number of aliphatic hydroxyl groups is 2. The molecule has 0 aromatic rings. The molecule has 0 saturated heterocycles. The van der Waals surface area contributed by atoms with Crippen molar-refractivity contribution < 1.29 is 24.9 Å². The van der Waals surface area contributed by atoms with Crippen LogP contribution in [0.1, 0.15) is 105 Å². The summed E-state index contributed by atoms with van der Waals surface area (Å²) >= 11 is 0. The molecular formula is C30H51NO5. The van der Waals surface area contributed by atoms with Crippen LogP contribution in [0.4, 0.5) is 0 Å². The average molecular weight is 506 g/mol. The molecule has 206 valence electrons. The lowest BCUT2D eigenvalue weighted by Crippen LogP contribution is -2.58. The number of carboxylic acids is 1. The maximum atomic E-state index is 12.6. The third-order valence-electron chi connectivity index (χ3n) is 11.6. The van der Waals surface area contributed by atoms with E-state index in [2.05, 4.69) is 26.1 Å². The van der Waals surface area contributed by atoms with Crippen molar-refractivity contribution >= 4 is 11.9 Å². The van der Waals surface area contributed by atoms with Gasteiger partial charge in [-0.1, -0.05) is 34.6 Å². The summed E-state index contributed by atoms with van der Waals surface area (Å²) in [6, 6.07) is -0.810. The molecule has 1 amide bonds. The minimum atomic E-state index is -0.956. The highest BCUT2D eigenvalue weighted by atomic mass is 16.4. The van der Waals surface area contributed by atoms with Crippen molar-refractivity contribution in [2.24, 2.45) is 52.3 Å². The van der Waals surface area contributed by atoms with Crippen molar-refractivity contribution in [3.05, 3.63) is 0 Å². The number of aliphatic hydroxyl groups excluding tert-OH is 2. The van der Waals surface area contributed by atoms with Crippen molar-refractivity contribution in [3.8, 4) is 0 Å². The Hall–Kier alpha value is -1.14. The van der Waals surface area contributed by atoms with E-state index in [1.54, 1.807) is 0 Å². The van der Waals surface area contributed by atoms with Crippen LogP contribution in [0, 0.1) is 52.3 Å².